The first-order valence-corrected chi connectivity index (χ1v) is 6.09. The van der Waals surface area contributed by atoms with Gasteiger partial charge in [-0.25, -0.2) is 0 Å². The molecule has 0 atom stereocenters. The minimum Gasteiger partial charge on any atom is -0.495 e. The van der Waals surface area contributed by atoms with Gasteiger partial charge in [-0.1, -0.05) is 11.6 Å². The maximum absolute atomic E-state index is 11.8. The van der Waals surface area contributed by atoms with E-state index in [0.717, 1.165) is 0 Å². The summed E-state index contributed by atoms with van der Waals surface area (Å²) in [5.41, 5.74) is 0.511. The van der Waals surface area contributed by atoms with Crippen LogP contribution in [0.5, 0.6) is 5.75 Å². The number of carbonyl (C=O) groups is 1. The molecule has 0 saturated heterocycles. The highest BCUT2D eigenvalue weighted by atomic mass is 35.5. The molecule has 18 heavy (non-hydrogen) atoms. The van der Waals surface area contributed by atoms with Gasteiger partial charge in [-0.05, 0) is 25.1 Å². The Kier molecular flexibility index (Phi) is 6.72. The van der Waals surface area contributed by atoms with E-state index in [2.05, 4.69) is 0 Å². The van der Waals surface area contributed by atoms with Gasteiger partial charge in [0.2, 0.25) is 0 Å². The Morgan fingerprint density at radius 2 is 2.00 bits per heavy atom. The predicted octanol–water partition coefficient (Wildman–Crippen LogP) is 2.58. The van der Waals surface area contributed by atoms with Crippen molar-refractivity contribution in [1.29, 1.82) is 0 Å². The molecular weight excluding hydrogens is 256 g/mol. The molecule has 1 rings (SSSR count). The number of hydrogen-bond donors (Lipinski definition) is 0. The number of halogens is 1. The first kappa shape index (κ1) is 15.0. The van der Waals surface area contributed by atoms with Crippen LogP contribution in [0.1, 0.15) is 17.3 Å². The SMILES string of the molecule is CCOCCOCC(=O)c1ccc(OC)c(Cl)c1. The molecule has 0 spiro atoms. The quantitative estimate of drug-likeness (QED) is 0.539. The maximum Gasteiger partial charge on any atom is 0.188 e. The number of hydrogen-bond acceptors (Lipinski definition) is 4. The third kappa shape index (κ3) is 4.64. The lowest BCUT2D eigenvalue weighted by molar-refractivity contribution is 0.0475. The van der Waals surface area contributed by atoms with E-state index in [9.17, 15) is 4.79 Å². The molecule has 0 heterocycles. The minimum absolute atomic E-state index is 0.0235. The molecule has 100 valence electrons. The Balaban J connectivity index is 2.44. The summed E-state index contributed by atoms with van der Waals surface area (Å²) in [6, 6.07) is 4.91. The molecule has 0 aliphatic heterocycles. The number of ketones is 1. The zero-order chi connectivity index (χ0) is 13.4. The lowest BCUT2D eigenvalue weighted by Gasteiger charge is -2.06. The number of ether oxygens (including phenoxy) is 3. The maximum atomic E-state index is 11.8. The van der Waals surface area contributed by atoms with Crippen molar-refractivity contribution in [1.82, 2.24) is 0 Å². The standard InChI is InChI=1S/C13H17ClO4/c1-3-17-6-7-18-9-12(15)10-4-5-13(16-2)11(14)8-10/h4-5,8H,3,6-7,9H2,1-2H3. The fraction of sp³-hybridized carbons (Fsp3) is 0.462. The molecule has 0 bridgehead atoms. The van der Waals surface area contributed by atoms with Gasteiger partial charge >= 0.3 is 0 Å². The summed E-state index contributed by atoms with van der Waals surface area (Å²) >= 11 is 5.94. The normalized spacial score (nSPS) is 10.4. The van der Waals surface area contributed by atoms with Crippen LogP contribution in [-0.4, -0.2) is 39.3 Å². The van der Waals surface area contributed by atoms with E-state index in [0.29, 0.717) is 36.2 Å². The molecule has 4 nitrogen and oxygen atoms in total. The molecule has 0 fully saturated rings. The summed E-state index contributed by atoms with van der Waals surface area (Å²) < 4.78 is 15.3. The molecular formula is C13H17ClO4. The second kappa shape index (κ2) is 8.08. The molecule has 5 heteroatoms. The highest BCUT2D eigenvalue weighted by Gasteiger charge is 2.09. The smallest absolute Gasteiger partial charge is 0.188 e. The van der Waals surface area contributed by atoms with Crippen LogP contribution in [-0.2, 0) is 9.47 Å². The van der Waals surface area contributed by atoms with Crippen LogP contribution < -0.4 is 4.74 Å². The van der Waals surface area contributed by atoms with Gasteiger partial charge in [0, 0.05) is 12.2 Å². The van der Waals surface area contributed by atoms with Crippen molar-refractivity contribution in [3.05, 3.63) is 28.8 Å². The van der Waals surface area contributed by atoms with Crippen molar-refractivity contribution in [2.24, 2.45) is 0 Å². The zero-order valence-electron chi connectivity index (χ0n) is 10.6. The van der Waals surface area contributed by atoms with E-state index in [-0.39, 0.29) is 12.4 Å². The van der Waals surface area contributed by atoms with Gasteiger partial charge in [-0.15, -0.1) is 0 Å². The lowest BCUT2D eigenvalue weighted by atomic mass is 10.1. The Morgan fingerprint density at radius 3 is 2.61 bits per heavy atom. The van der Waals surface area contributed by atoms with Crippen molar-refractivity contribution >= 4 is 17.4 Å². The average molecular weight is 273 g/mol. The van der Waals surface area contributed by atoms with Gasteiger partial charge in [-0.3, -0.25) is 4.79 Å². The largest absolute Gasteiger partial charge is 0.495 e. The Morgan fingerprint density at radius 1 is 1.28 bits per heavy atom. The van der Waals surface area contributed by atoms with Crippen LogP contribution >= 0.6 is 11.6 Å². The second-order valence-electron chi connectivity index (χ2n) is 3.52. The summed E-state index contributed by atoms with van der Waals surface area (Å²) in [4.78, 5) is 11.8. The van der Waals surface area contributed by atoms with Gasteiger partial charge < -0.3 is 14.2 Å². The average Bonchev–Trinajstić information content (AvgIpc) is 2.38. The van der Waals surface area contributed by atoms with Crippen molar-refractivity contribution in [2.75, 3.05) is 33.5 Å². The first-order chi connectivity index (χ1) is 8.69. The second-order valence-corrected chi connectivity index (χ2v) is 3.93. The summed E-state index contributed by atoms with van der Waals surface area (Å²) in [5.74, 6) is 0.432. The van der Waals surface area contributed by atoms with Gasteiger partial charge in [0.15, 0.2) is 5.78 Å². The van der Waals surface area contributed by atoms with Gasteiger partial charge in [0.05, 0.1) is 25.3 Å². The first-order valence-electron chi connectivity index (χ1n) is 5.71. The fourth-order valence-corrected chi connectivity index (χ4v) is 1.61. The number of methoxy groups -OCH3 is 1. The Bertz CT molecular complexity index is 393. The van der Waals surface area contributed by atoms with E-state index in [4.69, 9.17) is 25.8 Å². The third-order valence-electron chi connectivity index (χ3n) is 2.28. The molecule has 0 unspecified atom stereocenters. The van der Waals surface area contributed by atoms with Crippen molar-refractivity contribution in [3.63, 3.8) is 0 Å². The highest BCUT2D eigenvalue weighted by Crippen LogP contribution is 2.25. The Hall–Kier alpha value is -1.10. The van der Waals surface area contributed by atoms with Crippen LogP contribution in [0, 0.1) is 0 Å². The topological polar surface area (TPSA) is 44.8 Å². The van der Waals surface area contributed by atoms with Crippen molar-refractivity contribution < 1.29 is 19.0 Å². The van der Waals surface area contributed by atoms with Crippen molar-refractivity contribution in [3.8, 4) is 5.75 Å². The number of carbonyl (C=O) groups excluding carboxylic acids is 1. The molecule has 0 amide bonds. The van der Waals surface area contributed by atoms with E-state index >= 15 is 0 Å². The van der Waals surface area contributed by atoms with Crippen LogP contribution in [0.4, 0.5) is 0 Å². The molecule has 0 radical (unpaired) electrons. The lowest BCUT2D eigenvalue weighted by Crippen LogP contribution is -2.12. The van der Waals surface area contributed by atoms with Gasteiger partial charge in [0.25, 0.3) is 0 Å². The van der Waals surface area contributed by atoms with Crippen LogP contribution in [0.3, 0.4) is 0 Å². The number of benzene rings is 1. The minimum atomic E-state index is -0.115. The van der Waals surface area contributed by atoms with E-state index in [1.54, 1.807) is 18.2 Å². The van der Waals surface area contributed by atoms with E-state index in [1.807, 2.05) is 6.92 Å². The van der Waals surface area contributed by atoms with E-state index < -0.39 is 0 Å². The van der Waals surface area contributed by atoms with Gasteiger partial charge in [-0.2, -0.15) is 0 Å². The molecule has 0 aliphatic carbocycles. The number of Topliss-reactive ketones (excluding diaryl/α,β-unsaturated/α-hetero) is 1. The highest BCUT2D eigenvalue weighted by molar-refractivity contribution is 6.32. The summed E-state index contributed by atoms with van der Waals surface area (Å²) in [6.07, 6.45) is 0. The van der Waals surface area contributed by atoms with Crippen molar-refractivity contribution in [2.45, 2.75) is 6.92 Å². The van der Waals surface area contributed by atoms with E-state index in [1.165, 1.54) is 7.11 Å². The molecule has 0 saturated carbocycles. The van der Waals surface area contributed by atoms with Crippen LogP contribution in [0.15, 0.2) is 18.2 Å². The molecule has 1 aromatic rings. The van der Waals surface area contributed by atoms with Gasteiger partial charge in [0.1, 0.15) is 12.4 Å². The zero-order valence-corrected chi connectivity index (χ0v) is 11.3. The third-order valence-corrected chi connectivity index (χ3v) is 2.58. The summed E-state index contributed by atoms with van der Waals surface area (Å²) in [7, 11) is 1.53. The monoisotopic (exact) mass is 272 g/mol. The van der Waals surface area contributed by atoms with Crippen LogP contribution in [0.2, 0.25) is 5.02 Å². The molecule has 0 aromatic heterocycles. The Labute approximate surface area is 112 Å². The number of rotatable bonds is 8. The molecule has 0 aliphatic rings. The van der Waals surface area contributed by atoms with Crippen LogP contribution in [0.25, 0.3) is 0 Å². The predicted molar refractivity (Wildman–Crippen MR) is 69.6 cm³/mol. The fourth-order valence-electron chi connectivity index (χ4n) is 1.35. The molecule has 1 aromatic carbocycles. The molecule has 0 N–H and O–H groups in total. The summed E-state index contributed by atoms with van der Waals surface area (Å²) in [5, 5.41) is 0.415. The summed E-state index contributed by atoms with van der Waals surface area (Å²) in [6.45, 7) is 3.47.